The molecule has 1 saturated heterocycles. The molecule has 2 N–H and O–H groups in total. The molecule has 35 heavy (non-hydrogen) atoms. The number of nitrogens with one attached hydrogen (secondary N) is 2. The number of hydrogen-bond donors (Lipinski definition) is 2. The standard InChI is InChI=1S/C23H28N4O6S2/c1-34(29,30)26-21-7-9-22(10-8-21)35(31,32)25-14-23(28)27-11-3-6-20(15-27)17-33-16-19-5-2-4-18(12-19)13-24/h2,4-5,7-10,12,20,25-26H,3,6,11,14-17H2,1H3. The number of carbonyl (C=O) groups is 1. The zero-order valence-corrected chi connectivity index (χ0v) is 20.9. The summed E-state index contributed by atoms with van der Waals surface area (Å²) >= 11 is 0. The number of piperidine rings is 1. The summed E-state index contributed by atoms with van der Waals surface area (Å²) in [7, 11) is -7.41. The van der Waals surface area contributed by atoms with Crippen LogP contribution in [0.5, 0.6) is 0 Å². The predicted molar refractivity (Wildman–Crippen MR) is 130 cm³/mol. The first kappa shape index (κ1) is 26.6. The SMILES string of the molecule is CS(=O)(=O)Nc1ccc(S(=O)(=O)NCC(=O)N2CCCC(COCc3cccc(C#N)c3)C2)cc1. The number of ether oxygens (including phenoxy) is 1. The van der Waals surface area contributed by atoms with Crippen molar-refractivity contribution in [2.45, 2.75) is 24.3 Å². The first-order valence-corrected chi connectivity index (χ1v) is 14.4. The van der Waals surface area contributed by atoms with Gasteiger partial charge in [0.15, 0.2) is 0 Å². The summed E-state index contributed by atoms with van der Waals surface area (Å²) in [5.74, 6) is -0.186. The van der Waals surface area contributed by atoms with E-state index < -0.39 is 20.0 Å². The minimum Gasteiger partial charge on any atom is -0.376 e. The molecule has 1 heterocycles. The van der Waals surface area contributed by atoms with Crippen LogP contribution in [0.25, 0.3) is 0 Å². The highest BCUT2D eigenvalue weighted by atomic mass is 32.2. The third kappa shape index (κ3) is 8.32. The molecular weight excluding hydrogens is 492 g/mol. The Hall–Kier alpha value is -2.98. The van der Waals surface area contributed by atoms with Crippen molar-refractivity contribution < 1.29 is 26.4 Å². The number of nitrogens with zero attached hydrogens (tertiary/aromatic N) is 2. The van der Waals surface area contributed by atoms with Gasteiger partial charge in [0.05, 0.1) is 42.5 Å². The molecule has 2 aromatic rings. The van der Waals surface area contributed by atoms with E-state index in [-0.39, 0.29) is 29.0 Å². The minimum atomic E-state index is -3.94. The van der Waals surface area contributed by atoms with Crippen LogP contribution in [0.4, 0.5) is 5.69 Å². The van der Waals surface area contributed by atoms with Crippen LogP contribution in [-0.4, -0.2) is 60.1 Å². The smallest absolute Gasteiger partial charge is 0.241 e. The lowest BCUT2D eigenvalue weighted by Crippen LogP contribution is -2.45. The van der Waals surface area contributed by atoms with E-state index in [1.54, 1.807) is 23.1 Å². The molecule has 1 aliphatic rings. The van der Waals surface area contributed by atoms with Crippen molar-refractivity contribution in [3.05, 3.63) is 59.7 Å². The van der Waals surface area contributed by atoms with Crippen LogP contribution in [-0.2, 0) is 36.2 Å². The maximum absolute atomic E-state index is 12.6. The first-order chi connectivity index (χ1) is 16.6. The lowest BCUT2D eigenvalue weighted by atomic mass is 9.99. The molecule has 0 aromatic heterocycles. The molecule has 1 fully saturated rings. The molecule has 1 aliphatic heterocycles. The van der Waals surface area contributed by atoms with Gasteiger partial charge in [0.1, 0.15) is 0 Å². The largest absolute Gasteiger partial charge is 0.376 e. The van der Waals surface area contributed by atoms with E-state index in [4.69, 9.17) is 10.00 Å². The Balaban J connectivity index is 1.47. The Kier molecular flexibility index (Phi) is 8.85. The maximum atomic E-state index is 12.6. The van der Waals surface area contributed by atoms with Crippen molar-refractivity contribution in [2.75, 3.05) is 37.2 Å². The van der Waals surface area contributed by atoms with Gasteiger partial charge in [-0.2, -0.15) is 5.26 Å². The molecule has 0 saturated carbocycles. The second-order valence-corrected chi connectivity index (χ2v) is 11.9. The zero-order chi connectivity index (χ0) is 25.5. The average molecular weight is 521 g/mol. The zero-order valence-electron chi connectivity index (χ0n) is 19.3. The molecule has 1 amide bonds. The third-order valence-corrected chi connectivity index (χ3v) is 7.45. The number of hydrogen-bond acceptors (Lipinski definition) is 7. The van der Waals surface area contributed by atoms with Crippen molar-refractivity contribution in [3.63, 3.8) is 0 Å². The molecule has 0 aliphatic carbocycles. The number of benzene rings is 2. The van der Waals surface area contributed by atoms with Gasteiger partial charge in [-0.15, -0.1) is 0 Å². The van der Waals surface area contributed by atoms with E-state index in [2.05, 4.69) is 15.5 Å². The van der Waals surface area contributed by atoms with Crippen LogP contribution in [0.3, 0.4) is 0 Å². The van der Waals surface area contributed by atoms with Gasteiger partial charge in [-0.25, -0.2) is 21.6 Å². The summed E-state index contributed by atoms with van der Waals surface area (Å²) in [4.78, 5) is 14.2. The van der Waals surface area contributed by atoms with Crippen molar-refractivity contribution >= 4 is 31.6 Å². The third-order valence-electron chi connectivity index (χ3n) is 5.43. The van der Waals surface area contributed by atoms with E-state index in [1.807, 2.05) is 6.07 Å². The highest BCUT2D eigenvalue weighted by Gasteiger charge is 2.25. The summed E-state index contributed by atoms with van der Waals surface area (Å²) < 4.78 is 58.0. The van der Waals surface area contributed by atoms with Crippen LogP contribution in [0, 0.1) is 17.2 Å². The molecule has 0 spiro atoms. The average Bonchev–Trinajstić information content (AvgIpc) is 2.82. The second-order valence-electron chi connectivity index (χ2n) is 8.40. The van der Waals surface area contributed by atoms with Crippen LogP contribution in [0.15, 0.2) is 53.4 Å². The quantitative estimate of drug-likeness (QED) is 0.484. The summed E-state index contributed by atoms with van der Waals surface area (Å²) in [6.07, 6.45) is 2.70. The number of likely N-dealkylation sites (tertiary alicyclic amines) is 1. The van der Waals surface area contributed by atoms with Crippen molar-refractivity contribution in [2.24, 2.45) is 5.92 Å². The second kappa shape index (κ2) is 11.6. The lowest BCUT2D eigenvalue weighted by Gasteiger charge is -2.32. The number of carbonyl (C=O) groups excluding carboxylic acids is 1. The number of anilines is 1. The number of rotatable bonds is 10. The molecular formula is C23H28N4O6S2. The summed E-state index contributed by atoms with van der Waals surface area (Å²) in [6, 6.07) is 14.5. The molecule has 0 radical (unpaired) electrons. The Morgan fingerprint density at radius 2 is 1.91 bits per heavy atom. The fourth-order valence-electron chi connectivity index (χ4n) is 3.77. The molecule has 0 bridgehead atoms. The van der Waals surface area contributed by atoms with E-state index >= 15 is 0 Å². The highest BCUT2D eigenvalue weighted by Crippen LogP contribution is 2.18. The predicted octanol–water partition coefficient (Wildman–Crippen LogP) is 1.66. The summed E-state index contributed by atoms with van der Waals surface area (Å²) in [5.41, 5.74) is 1.72. The van der Waals surface area contributed by atoms with E-state index in [0.717, 1.165) is 24.7 Å². The Labute approximate surface area is 206 Å². The van der Waals surface area contributed by atoms with Crippen molar-refractivity contribution in [1.29, 1.82) is 5.26 Å². The van der Waals surface area contributed by atoms with Crippen molar-refractivity contribution in [3.8, 4) is 6.07 Å². The molecule has 1 atom stereocenters. The van der Waals surface area contributed by atoms with Crippen molar-refractivity contribution in [1.82, 2.24) is 9.62 Å². The number of nitriles is 1. The molecule has 1 unspecified atom stereocenters. The van der Waals surface area contributed by atoms with E-state index in [1.165, 1.54) is 24.3 Å². The van der Waals surface area contributed by atoms with Gasteiger partial charge >= 0.3 is 0 Å². The van der Waals surface area contributed by atoms with Crippen LogP contribution < -0.4 is 9.44 Å². The monoisotopic (exact) mass is 520 g/mol. The molecule has 12 heteroatoms. The van der Waals surface area contributed by atoms with Gasteiger partial charge in [0.2, 0.25) is 26.0 Å². The summed E-state index contributed by atoms with van der Waals surface area (Å²) in [5, 5.41) is 8.99. The van der Waals surface area contributed by atoms with E-state index in [9.17, 15) is 21.6 Å². The molecule has 3 rings (SSSR count). The normalized spacial score (nSPS) is 16.5. The Morgan fingerprint density at radius 3 is 2.60 bits per heavy atom. The topological polar surface area (TPSA) is 146 Å². The fourth-order valence-corrected chi connectivity index (χ4v) is 5.31. The van der Waals surface area contributed by atoms with Crippen LogP contribution in [0.2, 0.25) is 0 Å². The van der Waals surface area contributed by atoms with Gasteiger partial charge in [0.25, 0.3) is 0 Å². The van der Waals surface area contributed by atoms with Gasteiger partial charge in [0, 0.05) is 18.8 Å². The van der Waals surface area contributed by atoms with Crippen LogP contribution in [0.1, 0.15) is 24.0 Å². The number of amides is 1. The fraction of sp³-hybridized carbons (Fsp3) is 0.391. The van der Waals surface area contributed by atoms with Gasteiger partial charge in [-0.3, -0.25) is 9.52 Å². The Morgan fingerprint density at radius 1 is 1.17 bits per heavy atom. The van der Waals surface area contributed by atoms with Gasteiger partial charge < -0.3 is 9.64 Å². The molecule has 188 valence electrons. The van der Waals surface area contributed by atoms with Crippen LogP contribution >= 0.6 is 0 Å². The lowest BCUT2D eigenvalue weighted by molar-refractivity contribution is -0.132. The molecule has 10 nitrogen and oxygen atoms in total. The number of sulfonamides is 2. The van der Waals surface area contributed by atoms with Gasteiger partial charge in [-0.05, 0) is 60.7 Å². The highest BCUT2D eigenvalue weighted by molar-refractivity contribution is 7.92. The van der Waals surface area contributed by atoms with E-state index in [0.29, 0.717) is 31.9 Å². The Bertz CT molecular complexity index is 1290. The summed E-state index contributed by atoms with van der Waals surface area (Å²) in [6.45, 7) is 1.48. The minimum absolute atomic E-state index is 0.0743. The molecule has 2 aromatic carbocycles. The maximum Gasteiger partial charge on any atom is 0.241 e. The first-order valence-electron chi connectivity index (χ1n) is 11.0. The van der Waals surface area contributed by atoms with Gasteiger partial charge in [-0.1, -0.05) is 12.1 Å².